The number of nitrogen functional groups attached to an aromatic ring is 1. The first-order chi connectivity index (χ1) is 8.61. The highest BCUT2D eigenvalue weighted by molar-refractivity contribution is 5.90. The van der Waals surface area contributed by atoms with Crippen LogP contribution in [0.4, 0.5) is 5.69 Å². The van der Waals surface area contributed by atoms with E-state index in [0.29, 0.717) is 18.1 Å². The second-order valence-electron chi connectivity index (χ2n) is 3.86. The van der Waals surface area contributed by atoms with Gasteiger partial charge in [-0.1, -0.05) is 11.2 Å². The zero-order chi connectivity index (χ0) is 13.1. The molecule has 0 fully saturated rings. The van der Waals surface area contributed by atoms with E-state index in [0.717, 1.165) is 11.1 Å². The number of carbonyl (C=O) groups excluding carboxylic acids is 1. The Morgan fingerprint density at radius 3 is 3.00 bits per heavy atom. The van der Waals surface area contributed by atoms with Gasteiger partial charge in [0, 0.05) is 17.8 Å². The lowest BCUT2D eigenvalue weighted by Gasteiger charge is -2.01. The van der Waals surface area contributed by atoms with Crippen molar-refractivity contribution in [1.82, 2.24) is 15.5 Å². The van der Waals surface area contributed by atoms with Gasteiger partial charge in [0.2, 0.25) is 0 Å². The van der Waals surface area contributed by atoms with E-state index in [1.54, 1.807) is 12.1 Å². The van der Waals surface area contributed by atoms with Gasteiger partial charge < -0.3 is 15.6 Å². The van der Waals surface area contributed by atoms with Crippen molar-refractivity contribution in [3.05, 3.63) is 29.6 Å². The molecule has 18 heavy (non-hydrogen) atoms. The number of hydrogen-bond acceptors (Lipinski definition) is 5. The smallest absolute Gasteiger partial charge is 0.292 e. The first-order valence-corrected chi connectivity index (χ1v) is 5.60. The lowest BCUT2D eigenvalue weighted by atomic mass is 10.1. The molecule has 6 heteroatoms. The molecule has 94 valence electrons. The van der Waals surface area contributed by atoms with E-state index in [1.165, 1.54) is 0 Å². The van der Waals surface area contributed by atoms with Gasteiger partial charge in [0.15, 0.2) is 0 Å². The zero-order valence-electron chi connectivity index (χ0n) is 10.2. The lowest BCUT2D eigenvalue weighted by molar-refractivity contribution is 0.0942. The SMILES string of the molecule is CCNC(=O)c1noc(-c2cc(N)ccc2C)n1. The Balaban J connectivity index is 2.35. The van der Waals surface area contributed by atoms with Gasteiger partial charge in [-0.3, -0.25) is 4.79 Å². The van der Waals surface area contributed by atoms with E-state index >= 15 is 0 Å². The summed E-state index contributed by atoms with van der Waals surface area (Å²) in [7, 11) is 0. The van der Waals surface area contributed by atoms with Gasteiger partial charge >= 0.3 is 0 Å². The maximum Gasteiger partial charge on any atom is 0.292 e. The van der Waals surface area contributed by atoms with Crippen LogP contribution < -0.4 is 11.1 Å². The second kappa shape index (κ2) is 4.87. The van der Waals surface area contributed by atoms with Crippen LogP contribution in [0.25, 0.3) is 11.5 Å². The standard InChI is InChI=1S/C12H14N4O2/c1-3-14-11(17)10-15-12(18-16-10)9-6-8(13)5-4-7(9)2/h4-6H,3,13H2,1-2H3,(H,14,17). The molecule has 0 saturated carbocycles. The molecule has 2 rings (SSSR count). The number of nitrogens with two attached hydrogens (primary N) is 1. The summed E-state index contributed by atoms with van der Waals surface area (Å²) in [6, 6.07) is 5.39. The van der Waals surface area contributed by atoms with Crippen molar-refractivity contribution in [2.75, 3.05) is 12.3 Å². The first-order valence-electron chi connectivity index (χ1n) is 5.60. The van der Waals surface area contributed by atoms with Crippen LogP contribution in [-0.4, -0.2) is 22.6 Å². The molecule has 0 aliphatic heterocycles. The van der Waals surface area contributed by atoms with Crippen molar-refractivity contribution in [2.24, 2.45) is 0 Å². The van der Waals surface area contributed by atoms with Gasteiger partial charge in [-0.25, -0.2) is 0 Å². The van der Waals surface area contributed by atoms with E-state index < -0.39 is 0 Å². The molecule has 0 aliphatic carbocycles. The number of hydrogen-bond donors (Lipinski definition) is 2. The van der Waals surface area contributed by atoms with Gasteiger partial charge in [-0.2, -0.15) is 4.98 Å². The molecular formula is C12H14N4O2. The molecule has 1 heterocycles. The summed E-state index contributed by atoms with van der Waals surface area (Å²) in [5, 5.41) is 6.25. The normalized spacial score (nSPS) is 10.3. The summed E-state index contributed by atoms with van der Waals surface area (Å²) >= 11 is 0. The van der Waals surface area contributed by atoms with E-state index in [2.05, 4.69) is 15.5 Å². The van der Waals surface area contributed by atoms with E-state index in [4.69, 9.17) is 10.3 Å². The third-order valence-corrected chi connectivity index (χ3v) is 2.46. The Morgan fingerprint density at radius 1 is 1.50 bits per heavy atom. The average molecular weight is 246 g/mol. The zero-order valence-corrected chi connectivity index (χ0v) is 10.2. The molecule has 6 nitrogen and oxygen atoms in total. The molecule has 0 bridgehead atoms. The molecule has 1 aromatic heterocycles. The molecule has 0 saturated heterocycles. The summed E-state index contributed by atoms with van der Waals surface area (Å²) in [6.07, 6.45) is 0. The van der Waals surface area contributed by atoms with Gasteiger partial charge in [-0.15, -0.1) is 0 Å². The summed E-state index contributed by atoms with van der Waals surface area (Å²) in [6.45, 7) is 4.24. The van der Waals surface area contributed by atoms with Crippen LogP contribution in [0.3, 0.4) is 0 Å². The van der Waals surface area contributed by atoms with Crippen LogP contribution in [0.5, 0.6) is 0 Å². The Bertz CT molecular complexity index is 577. The van der Waals surface area contributed by atoms with E-state index in [9.17, 15) is 4.79 Å². The Morgan fingerprint density at radius 2 is 2.28 bits per heavy atom. The number of anilines is 1. The Kier molecular flexibility index (Phi) is 3.27. The third kappa shape index (κ3) is 2.32. The van der Waals surface area contributed by atoms with Crippen molar-refractivity contribution in [3.63, 3.8) is 0 Å². The van der Waals surface area contributed by atoms with Crippen LogP contribution in [0.1, 0.15) is 23.1 Å². The number of aromatic nitrogens is 2. The summed E-state index contributed by atoms with van der Waals surface area (Å²) in [5.74, 6) is -0.0382. The number of benzene rings is 1. The van der Waals surface area contributed by atoms with Crippen LogP contribution in [-0.2, 0) is 0 Å². The lowest BCUT2D eigenvalue weighted by Crippen LogP contribution is -2.23. The minimum atomic E-state index is -0.353. The van der Waals surface area contributed by atoms with Gasteiger partial charge in [0.05, 0.1) is 0 Å². The van der Waals surface area contributed by atoms with Crippen LogP contribution in [0, 0.1) is 6.92 Å². The Labute approximate surface area is 104 Å². The molecule has 2 aromatic rings. The highest BCUT2D eigenvalue weighted by Gasteiger charge is 2.16. The number of amides is 1. The predicted octanol–water partition coefficient (Wildman–Crippen LogP) is 1.38. The second-order valence-corrected chi connectivity index (χ2v) is 3.86. The number of rotatable bonds is 3. The molecular weight excluding hydrogens is 232 g/mol. The fourth-order valence-corrected chi connectivity index (χ4v) is 1.53. The monoisotopic (exact) mass is 246 g/mol. The van der Waals surface area contributed by atoms with Gasteiger partial charge in [-0.05, 0) is 31.5 Å². The van der Waals surface area contributed by atoms with Crippen molar-refractivity contribution in [2.45, 2.75) is 13.8 Å². The van der Waals surface area contributed by atoms with Crippen molar-refractivity contribution >= 4 is 11.6 Å². The topological polar surface area (TPSA) is 94.0 Å². The quantitative estimate of drug-likeness (QED) is 0.798. The summed E-state index contributed by atoms with van der Waals surface area (Å²) < 4.78 is 5.08. The third-order valence-electron chi connectivity index (χ3n) is 2.46. The highest BCUT2D eigenvalue weighted by atomic mass is 16.5. The summed E-state index contributed by atoms with van der Waals surface area (Å²) in [4.78, 5) is 15.6. The van der Waals surface area contributed by atoms with Crippen LogP contribution in [0.2, 0.25) is 0 Å². The van der Waals surface area contributed by atoms with Crippen molar-refractivity contribution < 1.29 is 9.32 Å². The summed E-state index contributed by atoms with van der Waals surface area (Å²) in [5.41, 5.74) is 8.00. The van der Waals surface area contributed by atoms with Crippen molar-refractivity contribution in [1.29, 1.82) is 0 Å². The van der Waals surface area contributed by atoms with Gasteiger partial charge in [0.25, 0.3) is 17.6 Å². The molecule has 0 radical (unpaired) electrons. The number of nitrogens with one attached hydrogen (secondary N) is 1. The van der Waals surface area contributed by atoms with Crippen LogP contribution >= 0.6 is 0 Å². The molecule has 0 spiro atoms. The number of carbonyl (C=O) groups is 1. The average Bonchev–Trinajstić information content (AvgIpc) is 2.82. The first kappa shape index (κ1) is 12.1. The Hall–Kier alpha value is -2.37. The number of aryl methyl sites for hydroxylation is 1. The predicted molar refractivity (Wildman–Crippen MR) is 66.9 cm³/mol. The fourth-order valence-electron chi connectivity index (χ4n) is 1.53. The molecule has 0 aliphatic rings. The molecule has 1 amide bonds. The minimum Gasteiger partial charge on any atom is -0.399 e. The van der Waals surface area contributed by atoms with Gasteiger partial charge in [0.1, 0.15) is 0 Å². The van der Waals surface area contributed by atoms with E-state index in [-0.39, 0.29) is 11.7 Å². The van der Waals surface area contributed by atoms with Crippen LogP contribution in [0.15, 0.2) is 22.7 Å². The van der Waals surface area contributed by atoms with E-state index in [1.807, 2.05) is 19.9 Å². The molecule has 1 aromatic carbocycles. The molecule has 0 unspecified atom stereocenters. The maximum absolute atomic E-state index is 11.5. The minimum absolute atomic E-state index is 0.0219. The molecule has 0 atom stereocenters. The molecule has 3 N–H and O–H groups in total. The number of nitrogens with zero attached hydrogens (tertiary/aromatic N) is 2. The highest BCUT2D eigenvalue weighted by Crippen LogP contribution is 2.23. The largest absolute Gasteiger partial charge is 0.399 e. The van der Waals surface area contributed by atoms with Crippen molar-refractivity contribution in [3.8, 4) is 11.5 Å². The fraction of sp³-hybridized carbons (Fsp3) is 0.250. The maximum atomic E-state index is 11.5.